The predicted octanol–water partition coefficient (Wildman–Crippen LogP) is 5.60. The van der Waals surface area contributed by atoms with Crippen LogP contribution in [0.4, 0.5) is 5.82 Å². The van der Waals surface area contributed by atoms with Gasteiger partial charge in [-0.2, -0.15) is 0 Å². The number of hydrogen-bond donors (Lipinski definition) is 1. The second-order valence-electron chi connectivity index (χ2n) is 4.59. The molecule has 0 atom stereocenters. The van der Waals surface area contributed by atoms with Crippen molar-refractivity contribution in [1.29, 1.82) is 0 Å². The van der Waals surface area contributed by atoms with Crippen LogP contribution >= 0.6 is 38.9 Å². The summed E-state index contributed by atoms with van der Waals surface area (Å²) < 4.78 is 1.76. The molecule has 0 unspecified atom stereocenters. The molecule has 0 aliphatic rings. The van der Waals surface area contributed by atoms with Crippen LogP contribution in [0.15, 0.2) is 34.8 Å². The zero-order valence-corrected chi connectivity index (χ0v) is 14.5. The standard InChI is InChI=1S/C15H13BrClN3S/c1-2-7-18-14-10-8-9(16)3-4-11(10)19-15(20-14)12-5-6-13(17)21-12/h3-6,8H,2,7H2,1H3,(H,18,19,20). The molecule has 0 spiro atoms. The lowest BCUT2D eigenvalue weighted by Crippen LogP contribution is -2.04. The van der Waals surface area contributed by atoms with E-state index in [2.05, 4.69) is 38.1 Å². The Bertz CT molecular complexity index is 788. The number of nitrogens with zero attached hydrogens (tertiary/aromatic N) is 2. The Labute approximate surface area is 140 Å². The highest BCUT2D eigenvalue weighted by Gasteiger charge is 2.11. The van der Waals surface area contributed by atoms with E-state index in [1.165, 1.54) is 11.3 Å². The fourth-order valence-electron chi connectivity index (χ4n) is 2.02. The van der Waals surface area contributed by atoms with Gasteiger partial charge >= 0.3 is 0 Å². The molecule has 0 saturated heterocycles. The molecule has 2 aromatic heterocycles. The summed E-state index contributed by atoms with van der Waals surface area (Å²) >= 11 is 11.0. The molecule has 0 fully saturated rings. The van der Waals surface area contributed by atoms with Gasteiger partial charge in [-0.25, -0.2) is 9.97 Å². The third-order valence-corrected chi connectivity index (χ3v) is 4.71. The molecular formula is C15H13BrClN3S. The summed E-state index contributed by atoms with van der Waals surface area (Å²) in [6.45, 7) is 3.01. The topological polar surface area (TPSA) is 37.8 Å². The number of rotatable bonds is 4. The molecule has 2 heterocycles. The first kappa shape index (κ1) is 14.8. The number of halogens is 2. The monoisotopic (exact) mass is 381 g/mol. The maximum atomic E-state index is 6.01. The molecule has 1 N–H and O–H groups in total. The molecule has 3 rings (SSSR count). The molecule has 1 aromatic carbocycles. The summed E-state index contributed by atoms with van der Waals surface area (Å²) in [7, 11) is 0. The summed E-state index contributed by atoms with van der Waals surface area (Å²) in [4.78, 5) is 10.3. The lowest BCUT2D eigenvalue weighted by atomic mass is 10.2. The Balaban J connectivity index is 2.16. The van der Waals surface area contributed by atoms with Gasteiger partial charge in [0.2, 0.25) is 0 Å². The molecule has 21 heavy (non-hydrogen) atoms. The molecule has 0 amide bonds. The van der Waals surface area contributed by atoms with Crippen molar-refractivity contribution in [2.75, 3.05) is 11.9 Å². The fourth-order valence-corrected chi connectivity index (χ4v) is 3.36. The molecule has 3 nitrogen and oxygen atoms in total. The predicted molar refractivity (Wildman–Crippen MR) is 94.3 cm³/mol. The maximum Gasteiger partial charge on any atom is 0.172 e. The quantitative estimate of drug-likeness (QED) is 0.638. The number of fused-ring (bicyclic) bond motifs is 1. The lowest BCUT2D eigenvalue weighted by molar-refractivity contribution is 0.970. The van der Waals surface area contributed by atoms with Crippen LogP contribution in [0.3, 0.4) is 0 Å². The van der Waals surface area contributed by atoms with Gasteiger partial charge in [0.05, 0.1) is 14.7 Å². The van der Waals surface area contributed by atoms with Crippen molar-refractivity contribution in [1.82, 2.24) is 9.97 Å². The van der Waals surface area contributed by atoms with Gasteiger partial charge in [-0.15, -0.1) is 11.3 Å². The van der Waals surface area contributed by atoms with Crippen LogP contribution in [-0.4, -0.2) is 16.5 Å². The third kappa shape index (κ3) is 3.20. The van der Waals surface area contributed by atoms with Gasteiger partial charge in [0, 0.05) is 16.4 Å². The van der Waals surface area contributed by atoms with Gasteiger partial charge < -0.3 is 5.32 Å². The smallest absolute Gasteiger partial charge is 0.172 e. The number of aromatic nitrogens is 2. The van der Waals surface area contributed by atoms with Crippen molar-refractivity contribution in [2.45, 2.75) is 13.3 Å². The third-order valence-electron chi connectivity index (χ3n) is 2.99. The van der Waals surface area contributed by atoms with Gasteiger partial charge in [0.15, 0.2) is 5.82 Å². The molecule has 0 aliphatic heterocycles. The highest BCUT2D eigenvalue weighted by Crippen LogP contribution is 2.32. The number of benzene rings is 1. The molecule has 108 valence electrons. The summed E-state index contributed by atoms with van der Waals surface area (Å²) in [5.74, 6) is 1.57. The Morgan fingerprint density at radius 1 is 1.24 bits per heavy atom. The minimum Gasteiger partial charge on any atom is -0.369 e. The lowest BCUT2D eigenvalue weighted by Gasteiger charge is -2.10. The molecule has 0 saturated carbocycles. The molecule has 6 heteroatoms. The fraction of sp³-hybridized carbons (Fsp3) is 0.200. The average molecular weight is 383 g/mol. The van der Waals surface area contributed by atoms with Crippen LogP contribution in [0.25, 0.3) is 21.6 Å². The minimum absolute atomic E-state index is 0.709. The zero-order chi connectivity index (χ0) is 14.8. The van der Waals surface area contributed by atoms with Crippen molar-refractivity contribution in [3.8, 4) is 10.7 Å². The highest BCUT2D eigenvalue weighted by molar-refractivity contribution is 9.10. The van der Waals surface area contributed by atoms with E-state index in [4.69, 9.17) is 11.6 Å². The van der Waals surface area contributed by atoms with E-state index in [1.54, 1.807) is 0 Å². The molecule has 3 aromatic rings. The van der Waals surface area contributed by atoms with Gasteiger partial charge in [0.1, 0.15) is 5.82 Å². The number of anilines is 1. The first-order valence-corrected chi connectivity index (χ1v) is 8.63. The second kappa shape index (κ2) is 6.30. The summed E-state index contributed by atoms with van der Waals surface area (Å²) in [5.41, 5.74) is 0.923. The van der Waals surface area contributed by atoms with Crippen LogP contribution < -0.4 is 5.32 Å². The maximum absolute atomic E-state index is 6.01. The van der Waals surface area contributed by atoms with E-state index in [9.17, 15) is 0 Å². The van der Waals surface area contributed by atoms with E-state index in [0.29, 0.717) is 5.82 Å². The molecule has 0 radical (unpaired) electrons. The van der Waals surface area contributed by atoms with Crippen LogP contribution in [-0.2, 0) is 0 Å². The van der Waals surface area contributed by atoms with Crippen molar-refractivity contribution < 1.29 is 0 Å². The number of thiophene rings is 1. The highest BCUT2D eigenvalue weighted by atomic mass is 79.9. The Kier molecular flexibility index (Phi) is 4.42. The van der Waals surface area contributed by atoms with Gasteiger partial charge in [-0.05, 0) is 36.8 Å². The Morgan fingerprint density at radius 3 is 2.81 bits per heavy atom. The summed E-state index contributed by atoms with van der Waals surface area (Å²) in [5, 5.41) is 4.40. The van der Waals surface area contributed by atoms with E-state index in [1.807, 2.05) is 30.3 Å². The summed E-state index contributed by atoms with van der Waals surface area (Å²) in [6, 6.07) is 9.85. The van der Waals surface area contributed by atoms with Crippen LogP contribution in [0.2, 0.25) is 4.34 Å². The summed E-state index contributed by atoms with van der Waals surface area (Å²) in [6.07, 6.45) is 1.04. The minimum atomic E-state index is 0.709. The number of hydrogen-bond acceptors (Lipinski definition) is 4. The Hall–Kier alpha value is -1.17. The van der Waals surface area contributed by atoms with Crippen molar-refractivity contribution in [3.05, 3.63) is 39.1 Å². The zero-order valence-electron chi connectivity index (χ0n) is 11.4. The molecule has 0 bridgehead atoms. The largest absolute Gasteiger partial charge is 0.369 e. The van der Waals surface area contributed by atoms with Gasteiger partial charge in [-0.1, -0.05) is 34.5 Å². The van der Waals surface area contributed by atoms with Crippen molar-refractivity contribution >= 4 is 55.6 Å². The first-order chi connectivity index (χ1) is 10.2. The average Bonchev–Trinajstić information content (AvgIpc) is 2.91. The van der Waals surface area contributed by atoms with Crippen LogP contribution in [0, 0.1) is 0 Å². The SMILES string of the molecule is CCCNc1nc(-c2ccc(Cl)s2)nc2ccc(Br)cc12. The van der Waals surface area contributed by atoms with Gasteiger partial charge in [-0.3, -0.25) is 0 Å². The second-order valence-corrected chi connectivity index (χ2v) is 7.22. The van der Waals surface area contributed by atoms with Crippen LogP contribution in [0.5, 0.6) is 0 Å². The van der Waals surface area contributed by atoms with Crippen molar-refractivity contribution in [3.63, 3.8) is 0 Å². The van der Waals surface area contributed by atoms with E-state index in [0.717, 1.165) is 43.4 Å². The van der Waals surface area contributed by atoms with E-state index in [-0.39, 0.29) is 0 Å². The number of nitrogens with one attached hydrogen (secondary N) is 1. The van der Waals surface area contributed by atoms with E-state index < -0.39 is 0 Å². The van der Waals surface area contributed by atoms with Crippen molar-refractivity contribution in [2.24, 2.45) is 0 Å². The van der Waals surface area contributed by atoms with E-state index >= 15 is 0 Å². The normalized spacial score (nSPS) is 11.0. The first-order valence-electron chi connectivity index (χ1n) is 6.64. The molecule has 0 aliphatic carbocycles. The van der Waals surface area contributed by atoms with Crippen LogP contribution in [0.1, 0.15) is 13.3 Å². The van der Waals surface area contributed by atoms with Gasteiger partial charge in [0.25, 0.3) is 0 Å². The molecular weight excluding hydrogens is 370 g/mol. The Morgan fingerprint density at radius 2 is 2.10 bits per heavy atom.